The van der Waals surface area contributed by atoms with Crippen LogP contribution in [-0.2, 0) is 4.74 Å². The number of thiophene rings is 1. The topological polar surface area (TPSA) is 39.2 Å². The summed E-state index contributed by atoms with van der Waals surface area (Å²) in [5, 5.41) is -0.409. The Morgan fingerprint density at radius 3 is 2.27 bits per heavy atom. The number of benzene rings is 1. The lowest BCUT2D eigenvalue weighted by atomic mass is 10.0. The first-order valence-corrected chi connectivity index (χ1v) is 7.39. The molecule has 3 nitrogen and oxygen atoms in total. The van der Waals surface area contributed by atoms with E-state index in [1.54, 1.807) is 12.4 Å². The molecule has 0 radical (unpaired) electrons. The van der Waals surface area contributed by atoms with E-state index in [-0.39, 0.29) is 4.88 Å². The second-order valence-electron chi connectivity index (χ2n) is 4.60. The fourth-order valence-corrected chi connectivity index (χ4v) is 3.03. The SMILES string of the molecule is COC(=O)c1sc(F)cc1-c1ccc(-c2ccncc2)cc1. The molecule has 0 bridgehead atoms. The van der Waals surface area contributed by atoms with Gasteiger partial charge in [-0.25, -0.2) is 4.79 Å². The molecule has 0 fully saturated rings. The molecule has 0 aliphatic heterocycles. The van der Waals surface area contributed by atoms with E-state index in [2.05, 4.69) is 4.98 Å². The van der Waals surface area contributed by atoms with Crippen molar-refractivity contribution in [3.05, 3.63) is 64.9 Å². The van der Waals surface area contributed by atoms with Crippen LogP contribution in [0.4, 0.5) is 4.39 Å². The quantitative estimate of drug-likeness (QED) is 0.673. The standard InChI is InChI=1S/C17H12FNO2S/c1-21-17(20)16-14(10-15(18)22-16)13-4-2-11(3-5-13)12-6-8-19-9-7-12/h2-10H,1H3. The number of carbonyl (C=O) groups excluding carboxylic acids is 1. The average Bonchev–Trinajstić information content (AvgIpc) is 2.97. The van der Waals surface area contributed by atoms with Crippen molar-refractivity contribution in [1.29, 1.82) is 0 Å². The Hall–Kier alpha value is -2.53. The predicted octanol–water partition coefficient (Wildman–Crippen LogP) is 4.40. The summed E-state index contributed by atoms with van der Waals surface area (Å²) >= 11 is 0.793. The van der Waals surface area contributed by atoms with Crippen molar-refractivity contribution in [2.75, 3.05) is 7.11 Å². The highest BCUT2D eigenvalue weighted by atomic mass is 32.1. The van der Waals surface area contributed by atoms with Crippen LogP contribution in [0.15, 0.2) is 54.9 Å². The monoisotopic (exact) mass is 313 g/mol. The van der Waals surface area contributed by atoms with E-state index in [4.69, 9.17) is 4.74 Å². The molecule has 0 aliphatic carbocycles. The van der Waals surface area contributed by atoms with Crippen molar-refractivity contribution in [2.45, 2.75) is 0 Å². The summed E-state index contributed by atoms with van der Waals surface area (Å²) in [5.74, 6) is -0.526. The molecule has 5 heteroatoms. The molecule has 22 heavy (non-hydrogen) atoms. The lowest BCUT2D eigenvalue weighted by Gasteiger charge is -2.05. The lowest BCUT2D eigenvalue weighted by molar-refractivity contribution is 0.0607. The first-order chi connectivity index (χ1) is 10.7. The van der Waals surface area contributed by atoms with Crippen LogP contribution in [0.25, 0.3) is 22.3 Å². The van der Waals surface area contributed by atoms with Crippen LogP contribution in [0.5, 0.6) is 0 Å². The number of ether oxygens (including phenoxy) is 1. The van der Waals surface area contributed by atoms with Gasteiger partial charge in [-0.1, -0.05) is 35.6 Å². The number of rotatable bonds is 3. The summed E-state index contributed by atoms with van der Waals surface area (Å²) in [6.07, 6.45) is 3.46. The number of hydrogen-bond acceptors (Lipinski definition) is 4. The normalized spacial score (nSPS) is 10.5. The number of hydrogen-bond donors (Lipinski definition) is 0. The number of pyridine rings is 1. The van der Waals surface area contributed by atoms with Crippen LogP contribution in [-0.4, -0.2) is 18.1 Å². The molecule has 1 aromatic carbocycles. The van der Waals surface area contributed by atoms with Gasteiger partial charge in [-0.2, -0.15) is 4.39 Å². The minimum Gasteiger partial charge on any atom is -0.465 e. The highest BCUT2D eigenvalue weighted by Gasteiger charge is 2.18. The maximum absolute atomic E-state index is 13.5. The van der Waals surface area contributed by atoms with Gasteiger partial charge in [0.05, 0.1) is 7.11 Å². The second-order valence-corrected chi connectivity index (χ2v) is 5.60. The fraction of sp³-hybridized carbons (Fsp3) is 0.0588. The molecule has 0 spiro atoms. The highest BCUT2D eigenvalue weighted by molar-refractivity contribution is 7.12. The molecular weight excluding hydrogens is 301 g/mol. The van der Waals surface area contributed by atoms with E-state index < -0.39 is 11.1 Å². The molecule has 0 atom stereocenters. The summed E-state index contributed by atoms with van der Waals surface area (Å²) in [5.41, 5.74) is 3.40. The van der Waals surface area contributed by atoms with Crippen LogP contribution in [0, 0.1) is 5.13 Å². The number of aromatic nitrogens is 1. The summed E-state index contributed by atoms with van der Waals surface area (Å²) in [7, 11) is 1.29. The van der Waals surface area contributed by atoms with Crippen molar-refractivity contribution < 1.29 is 13.9 Å². The number of nitrogens with zero attached hydrogens (tertiary/aromatic N) is 1. The predicted molar refractivity (Wildman–Crippen MR) is 84.3 cm³/mol. The summed E-state index contributed by atoms with van der Waals surface area (Å²) in [6.45, 7) is 0. The molecule has 0 saturated carbocycles. The zero-order valence-corrected chi connectivity index (χ0v) is 12.6. The van der Waals surface area contributed by atoms with Crippen LogP contribution in [0.3, 0.4) is 0 Å². The molecule has 110 valence electrons. The zero-order chi connectivity index (χ0) is 15.5. The summed E-state index contributed by atoms with van der Waals surface area (Å²) < 4.78 is 18.2. The van der Waals surface area contributed by atoms with Crippen LogP contribution in [0.1, 0.15) is 9.67 Å². The van der Waals surface area contributed by atoms with Gasteiger partial charge in [0.1, 0.15) is 4.88 Å². The van der Waals surface area contributed by atoms with Crippen molar-refractivity contribution >= 4 is 17.3 Å². The smallest absolute Gasteiger partial charge is 0.348 e. The maximum Gasteiger partial charge on any atom is 0.348 e. The van der Waals surface area contributed by atoms with Gasteiger partial charge < -0.3 is 4.74 Å². The molecule has 0 saturated heterocycles. The van der Waals surface area contributed by atoms with E-state index >= 15 is 0 Å². The fourth-order valence-electron chi connectivity index (χ4n) is 2.21. The van der Waals surface area contributed by atoms with E-state index in [9.17, 15) is 9.18 Å². The van der Waals surface area contributed by atoms with Gasteiger partial charge in [-0.15, -0.1) is 0 Å². The third-order valence-electron chi connectivity index (χ3n) is 3.28. The van der Waals surface area contributed by atoms with E-state index in [1.807, 2.05) is 36.4 Å². The summed E-state index contributed by atoms with van der Waals surface area (Å²) in [4.78, 5) is 16.0. The Balaban J connectivity index is 1.99. The average molecular weight is 313 g/mol. The van der Waals surface area contributed by atoms with Crippen molar-refractivity contribution in [3.63, 3.8) is 0 Å². The molecule has 0 aliphatic rings. The largest absolute Gasteiger partial charge is 0.465 e. The van der Waals surface area contributed by atoms with E-state index in [1.165, 1.54) is 13.2 Å². The van der Waals surface area contributed by atoms with Gasteiger partial charge in [0, 0.05) is 18.0 Å². The van der Waals surface area contributed by atoms with E-state index in [0.29, 0.717) is 5.56 Å². The van der Waals surface area contributed by atoms with Gasteiger partial charge in [0.2, 0.25) is 0 Å². The van der Waals surface area contributed by atoms with E-state index in [0.717, 1.165) is 28.0 Å². The maximum atomic E-state index is 13.5. The Kier molecular flexibility index (Phi) is 3.98. The molecule has 3 rings (SSSR count). The van der Waals surface area contributed by atoms with Gasteiger partial charge >= 0.3 is 5.97 Å². The molecule has 3 aromatic rings. The van der Waals surface area contributed by atoms with Gasteiger partial charge in [-0.05, 0) is 34.9 Å². The third kappa shape index (κ3) is 2.76. The minimum atomic E-state index is -0.526. The van der Waals surface area contributed by atoms with Crippen LogP contribution in [0.2, 0.25) is 0 Å². The van der Waals surface area contributed by atoms with Gasteiger partial charge in [0.25, 0.3) is 0 Å². The first kappa shape index (κ1) is 14.4. The molecule has 2 heterocycles. The first-order valence-electron chi connectivity index (χ1n) is 6.57. The molecular formula is C17H12FNO2S. The molecule has 0 amide bonds. The number of halogens is 1. The van der Waals surface area contributed by atoms with Crippen molar-refractivity contribution in [2.24, 2.45) is 0 Å². The number of carbonyl (C=O) groups is 1. The third-order valence-corrected chi connectivity index (χ3v) is 4.19. The minimum absolute atomic E-state index is 0.275. The van der Waals surface area contributed by atoms with Crippen LogP contribution >= 0.6 is 11.3 Å². The Morgan fingerprint density at radius 2 is 1.64 bits per heavy atom. The molecule has 2 aromatic heterocycles. The van der Waals surface area contributed by atoms with Crippen LogP contribution < -0.4 is 0 Å². The van der Waals surface area contributed by atoms with Gasteiger partial charge in [0.15, 0.2) is 5.13 Å². The number of esters is 1. The molecule has 0 N–H and O–H groups in total. The zero-order valence-electron chi connectivity index (χ0n) is 11.7. The second kappa shape index (κ2) is 6.07. The van der Waals surface area contributed by atoms with Crippen molar-refractivity contribution in [1.82, 2.24) is 4.98 Å². The molecule has 0 unspecified atom stereocenters. The Morgan fingerprint density at radius 1 is 1.05 bits per heavy atom. The highest BCUT2D eigenvalue weighted by Crippen LogP contribution is 2.32. The Bertz CT molecular complexity index is 797. The van der Waals surface area contributed by atoms with Gasteiger partial charge in [-0.3, -0.25) is 4.98 Å². The summed E-state index contributed by atoms with van der Waals surface area (Å²) in [6, 6.07) is 12.8. The van der Waals surface area contributed by atoms with Crippen molar-refractivity contribution in [3.8, 4) is 22.3 Å². The lowest BCUT2D eigenvalue weighted by Crippen LogP contribution is -1.99. The Labute approximate surface area is 131 Å². The number of methoxy groups -OCH3 is 1.